The van der Waals surface area contributed by atoms with Crippen molar-refractivity contribution in [1.29, 1.82) is 0 Å². The van der Waals surface area contributed by atoms with Gasteiger partial charge in [0.2, 0.25) is 0 Å². The van der Waals surface area contributed by atoms with Crippen LogP contribution in [0.1, 0.15) is 19.8 Å². The molecule has 0 aliphatic carbocycles. The predicted molar refractivity (Wildman–Crippen MR) is 44.6 cm³/mol. The molecule has 2 nitrogen and oxygen atoms in total. The third-order valence-corrected chi connectivity index (χ3v) is 2.29. The van der Waals surface area contributed by atoms with Gasteiger partial charge in [0.25, 0.3) is 0 Å². The van der Waals surface area contributed by atoms with Crippen molar-refractivity contribution in [3.8, 4) is 0 Å². The van der Waals surface area contributed by atoms with Gasteiger partial charge in [-0.05, 0) is 19.4 Å². The number of hydrogen-bond donors (Lipinski definition) is 1. The molecule has 2 atom stereocenters. The van der Waals surface area contributed by atoms with E-state index >= 15 is 0 Å². The van der Waals surface area contributed by atoms with Crippen LogP contribution in [-0.4, -0.2) is 25.8 Å². The third-order valence-electron chi connectivity index (χ3n) is 2.29. The largest absolute Gasteiger partial charge is 0.316 e. The summed E-state index contributed by atoms with van der Waals surface area (Å²) in [6.45, 7) is 3.25. The van der Waals surface area contributed by atoms with Gasteiger partial charge in [0.1, 0.15) is 0 Å². The molecule has 1 aliphatic heterocycles. The molecule has 0 amide bonds. The summed E-state index contributed by atoms with van der Waals surface area (Å²) >= 11 is 0. The number of hydrogen-bond acceptors (Lipinski definition) is 2. The van der Waals surface area contributed by atoms with Crippen LogP contribution >= 0.6 is 0 Å². The highest BCUT2D eigenvalue weighted by atomic mass is 14.9. The zero-order chi connectivity index (χ0) is 7.40. The highest BCUT2D eigenvalue weighted by molar-refractivity contribution is 5.59. The van der Waals surface area contributed by atoms with Crippen LogP contribution in [0.25, 0.3) is 0 Å². The Bertz CT molecular complexity index is 106. The van der Waals surface area contributed by atoms with E-state index in [0.717, 1.165) is 18.9 Å². The average Bonchev–Trinajstić information content (AvgIpc) is 2.04. The molecule has 0 radical (unpaired) electrons. The summed E-state index contributed by atoms with van der Waals surface area (Å²) in [5, 5.41) is 3.31. The van der Waals surface area contributed by atoms with Gasteiger partial charge in [0.15, 0.2) is 0 Å². The van der Waals surface area contributed by atoms with Crippen LogP contribution in [0.2, 0.25) is 0 Å². The molecule has 1 unspecified atom stereocenters. The first-order chi connectivity index (χ1) is 4.88. The molecule has 2 heteroatoms. The lowest BCUT2D eigenvalue weighted by atomic mass is 9.93. The van der Waals surface area contributed by atoms with E-state index in [9.17, 15) is 0 Å². The topological polar surface area (TPSA) is 24.4 Å². The second-order valence-corrected chi connectivity index (χ2v) is 2.85. The number of nitrogens with one attached hydrogen (secondary N) is 1. The molecule has 0 aromatic heterocycles. The molecule has 1 N–H and O–H groups in total. The third kappa shape index (κ3) is 1.57. The molecule has 0 saturated carbocycles. The lowest BCUT2D eigenvalue weighted by molar-refractivity contribution is 0.368. The zero-order valence-corrected chi connectivity index (χ0v) is 6.80. The molecule has 1 rings (SSSR count). The van der Waals surface area contributed by atoms with E-state index in [1.165, 1.54) is 6.42 Å². The van der Waals surface area contributed by atoms with Gasteiger partial charge in [-0.1, -0.05) is 13.3 Å². The first-order valence-corrected chi connectivity index (χ1v) is 4.04. The van der Waals surface area contributed by atoms with Gasteiger partial charge in [-0.15, -0.1) is 0 Å². The Morgan fingerprint density at radius 1 is 1.70 bits per heavy atom. The standard InChI is InChI=1S/C8H16N2/c1-3-7-6-10-5-4-8(7)9-2/h5,7-9H,3-4,6H2,1-2H3/t7-,8?/m1/s1. The first-order valence-electron chi connectivity index (χ1n) is 4.04. The van der Waals surface area contributed by atoms with Gasteiger partial charge in [-0.3, -0.25) is 4.99 Å². The summed E-state index contributed by atoms with van der Waals surface area (Å²) in [4.78, 5) is 4.26. The maximum absolute atomic E-state index is 4.26. The van der Waals surface area contributed by atoms with Crippen molar-refractivity contribution < 1.29 is 0 Å². The molecule has 0 aromatic carbocycles. The number of aliphatic imine (C=N–C) groups is 1. The second-order valence-electron chi connectivity index (χ2n) is 2.85. The van der Waals surface area contributed by atoms with E-state index in [-0.39, 0.29) is 0 Å². The fourth-order valence-corrected chi connectivity index (χ4v) is 1.48. The first kappa shape index (κ1) is 7.73. The molecule has 0 saturated heterocycles. The highest BCUT2D eigenvalue weighted by Crippen LogP contribution is 2.14. The fraction of sp³-hybridized carbons (Fsp3) is 0.875. The SMILES string of the molecule is CC[C@@H]1CN=CCC1NC. The van der Waals surface area contributed by atoms with Crippen molar-refractivity contribution >= 4 is 6.21 Å². The smallest absolute Gasteiger partial charge is 0.0428 e. The number of rotatable bonds is 2. The minimum absolute atomic E-state index is 0.669. The molecular formula is C8H16N2. The molecule has 1 heterocycles. The lowest BCUT2D eigenvalue weighted by Gasteiger charge is -2.26. The van der Waals surface area contributed by atoms with Crippen LogP contribution < -0.4 is 5.32 Å². The fourth-order valence-electron chi connectivity index (χ4n) is 1.48. The van der Waals surface area contributed by atoms with E-state index < -0.39 is 0 Å². The summed E-state index contributed by atoms with van der Waals surface area (Å²) in [5.41, 5.74) is 0. The van der Waals surface area contributed by atoms with Crippen molar-refractivity contribution in [3.63, 3.8) is 0 Å². The molecule has 0 bridgehead atoms. The molecule has 0 spiro atoms. The lowest BCUT2D eigenvalue weighted by Crippen LogP contribution is -2.37. The van der Waals surface area contributed by atoms with Gasteiger partial charge in [0.05, 0.1) is 0 Å². The Morgan fingerprint density at radius 3 is 3.00 bits per heavy atom. The van der Waals surface area contributed by atoms with Crippen LogP contribution in [0.4, 0.5) is 0 Å². The van der Waals surface area contributed by atoms with Gasteiger partial charge < -0.3 is 5.32 Å². The van der Waals surface area contributed by atoms with Gasteiger partial charge in [-0.25, -0.2) is 0 Å². The summed E-state index contributed by atoms with van der Waals surface area (Å²) in [5.74, 6) is 0.759. The molecule has 0 fully saturated rings. The Labute approximate surface area is 62.7 Å². The van der Waals surface area contributed by atoms with E-state index in [4.69, 9.17) is 0 Å². The molecule has 1 aliphatic rings. The Hall–Kier alpha value is -0.370. The van der Waals surface area contributed by atoms with Gasteiger partial charge in [0, 0.05) is 18.8 Å². The molecular weight excluding hydrogens is 124 g/mol. The molecule has 58 valence electrons. The molecule has 10 heavy (non-hydrogen) atoms. The average molecular weight is 140 g/mol. The maximum atomic E-state index is 4.26. The minimum Gasteiger partial charge on any atom is -0.316 e. The number of nitrogens with zero attached hydrogens (tertiary/aromatic N) is 1. The van der Waals surface area contributed by atoms with Crippen molar-refractivity contribution in [2.75, 3.05) is 13.6 Å². The van der Waals surface area contributed by atoms with Crippen molar-refractivity contribution in [2.24, 2.45) is 10.9 Å². The Kier molecular flexibility index (Phi) is 2.87. The van der Waals surface area contributed by atoms with Crippen molar-refractivity contribution in [1.82, 2.24) is 5.32 Å². The summed E-state index contributed by atoms with van der Waals surface area (Å²) in [7, 11) is 2.03. The van der Waals surface area contributed by atoms with Gasteiger partial charge in [-0.2, -0.15) is 0 Å². The predicted octanol–water partition coefficient (Wildman–Crippen LogP) is 1.08. The summed E-state index contributed by atoms with van der Waals surface area (Å²) < 4.78 is 0. The Balaban J connectivity index is 2.45. The van der Waals surface area contributed by atoms with Gasteiger partial charge >= 0.3 is 0 Å². The normalized spacial score (nSPS) is 32.6. The van der Waals surface area contributed by atoms with E-state index in [0.29, 0.717) is 6.04 Å². The Morgan fingerprint density at radius 2 is 2.50 bits per heavy atom. The van der Waals surface area contributed by atoms with Crippen LogP contribution in [-0.2, 0) is 0 Å². The van der Waals surface area contributed by atoms with E-state index in [1.807, 2.05) is 13.3 Å². The summed E-state index contributed by atoms with van der Waals surface area (Å²) in [6, 6.07) is 0.669. The van der Waals surface area contributed by atoms with Crippen LogP contribution in [0, 0.1) is 5.92 Å². The van der Waals surface area contributed by atoms with Crippen LogP contribution in [0.5, 0.6) is 0 Å². The van der Waals surface area contributed by atoms with Crippen LogP contribution in [0.3, 0.4) is 0 Å². The van der Waals surface area contributed by atoms with Crippen molar-refractivity contribution in [2.45, 2.75) is 25.8 Å². The second kappa shape index (κ2) is 3.71. The highest BCUT2D eigenvalue weighted by Gasteiger charge is 2.18. The quantitative estimate of drug-likeness (QED) is 0.609. The minimum atomic E-state index is 0.669. The zero-order valence-electron chi connectivity index (χ0n) is 6.80. The van der Waals surface area contributed by atoms with Crippen molar-refractivity contribution in [3.05, 3.63) is 0 Å². The monoisotopic (exact) mass is 140 g/mol. The summed E-state index contributed by atoms with van der Waals surface area (Å²) in [6.07, 6.45) is 4.38. The van der Waals surface area contributed by atoms with E-state index in [2.05, 4.69) is 17.2 Å². The maximum Gasteiger partial charge on any atom is 0.0428 e. The molecule has 0 aromatic rings. The van der Waals surface area contributed by atoms with Crippen LogP contribution in [0.15, 0.2) is 4.99 Å². The van der Waals surface area contributed by atoms with E-state index in [1.54, 1.807) is 0 Å².